The summed E-state index contributed by atoms with van der Waals surface area (Å²) in [7, 11) is 0. The minimum atomic E-state index is 0.430. The topological polar surface area (TPSA) is 21.3 Å². The average molecular weight is 141 g/mol. The van der Waals surface area contributed by atoms with Crippen LogP contribution in [-0.2, 0) is 4.74 Å². The number of nitrogens with one attached hydrogen (secondary N) is 1. The zero-order valence-electron chi connectivity index (χ0n) is 6.47. The highest BCUT2D eigenvalue weighted by molar-refractivity contribution is 4.88. The van der Waals surface area contributed by atoms with Crippen LogP contribution >= 0.6 is 0 Å². The predicted octanol–water partition coefficient (Wildman–Crippen LogP) is 0.916. The molecule has 58 valence electrons. The lowest BCUT2D eigenvalue weighted by molar-refractivity contribution is -0.0414. The van der Waals surface area contributed by atoms with Crippen LogP contribution in [0.25, 0.3) is 0 Å². The highest BCUT2D eigenvalue weighted by atomic mass is 16.5. The molecular weight excluding hydrogens is 126 g/mol. The maximum Gasteiger partial charge on any atom is 0.0732 e. The SMILES string of the molecule is C[C@@H]1CN[C@H]2CCC[C@@H]2O1. The summed E-state index contributed by atoms with van der Waals surface area (Å²) in [6.45, 7) is 3.18. The Bertz CT molecular complexity index is 126. The standard InChI is InChI=1S/C8H15NO/c1-6-5-9-7-3-2-4-8(7)10-6/h6-9H,2-5H2,1H3/t6-,7+,8+/m1/s1. The zero-order valence-corrected chi connectivity index (χ0v) is 6.47. The van der Waals surface area contributed by atoms with E-state index in [4.69, 9.17) is 4.74 Å². The van der Waals surface area contributed by atoms with Crippen molar-refractivity contribution >= 4 is 0 Å². The van der Waals surface area contributed by atoms with Crippen LogP contribution in [0, 0.1) is 0 Å². The van der Waals surface area contributed by atoms with Gasteiger partial charge in [0.2, 0.25) is 0 Å². The van der Waals surface area contributed by atoms with Crippen LogP contribution < -0.4 is 5.32 Å². The van der Waals surface area contributed by atoms with Crippen LogP contribution in [-0.4, -0.2) is 24.8 Å². The summed E-state index contributed by atoms with van der Waals surface area (Å²) in [6.07, 6.45) is 4.89. The molecule has 2 heteroatoms. The van der Waals surface area contributed by atoms with Gasteiger partial charge in [0.05, 0.1) is 12.2 Å². The molecule has 1 saturated carbocycles. The van der Waals surface area contributed by atoms with Crippen molar-refractivity contribution in [3.63, 3.8) is 0 Å². The summed E-state index contributed by atoms with van der Waals surface area (Å²) in [5.41, 5.74) is 0. The highest BCUT2D eigenvalue weighted by Gasteiger charge is 2.32. The van der Waals surface area contributed by atoms with Gasteiger partial charge in [-0.05, 0) is 26.2 Å². The lowest BCUT2D eigenvalue weighted by Crippen LogP contribution is -2.48. The van der Waals surface area contributed by atoms with Crippen LogP contribution in [0.5, 0.6) is 0 Å². The van der Waals surface area contributed by atoms with Crippen LogP contribution in [0.15, 0.2) is 0 Å². The van der Waals surface area contributed by atoms with Gasteiger partial charge in [0.25, 0.3) is 0 Å². The molecule has 1 heterocycles. The van der Waals surface area contributed by atoms with Crippen LogP contribution in [0.2, 0.25) is 0 Å². The Morgan fingerprint density at radius 2 is 2.30 bits per heavy atom. The van der Waals surface area contributed by atoms with Crippen LogP contribution in [0.1, 0.15) is 26.2 Å². The van der Waals surface area contributed by atoms with E-state index in [0.29, 0.717) is 18.2 Å². The Labute approximate surface area is 61.9 Å². The molecule has 0 aromatic carbocycles. The monoisotopic (exact) mass is 141 g/mol. The molecule has 1 aliphatic heterocycles. The predicted molar refractivity (Wildman–Crippen MR) is 40.0 cm³/mol. The van der Waals surface area contributed by atoms with Gasteiger partial charge in [-0.25, -0.2) is 0 Å². The fourth-order valence-electron chi connectivity index (χ4n) is 1.99. The first kappa shape index (κ1) is 6.62. The number of morpholine rings is 1. The van der Waals surface area contributed by atoms with Gasteiger partial charge in [-0.3, -0.25) is 0 Å². The van der Waals surface area contributed by atoms with Crippen molar-refractivity contribution in [1.82, 2.24) is 5.32 Å². The second-order valence-corrected chi connectivity index (χ2v) is 3.43. The maximum absolute atomic E-state index is 5.75. The minimum Gasteiger partial charge on any atom is -0.372 e. The van der Waals surface area contributed by atoms with Gasteiger partial charge < -0.3 is 10.1 Å². The molecule has 0 spiro atoms. The molecule has 2 aliphatic rings. The summed E-state index contributed by atoms with van der Waals surface area (Å²) >= 11 is 0. The Balaban J connectivity index is 1.96. The zero-order chi connectivity index (χ0) is 6.97. The van der Waals surface area contributed by atoms with Gasteiger partial charge in [0.15, 0.2) is 0 Å². The van der Waals surface area contributed by atoms with E-state index >= 15 is 0 Å². The van der Waals surface area contributed by atoms with Crippen LogP contribution in [0.3, 0.4) is 0 Å². The summed E-state index contributed by atoms with van der Waals surface area (Å²) < 4.78 is 5.75. The summed E-state index contributed by atoms with van der Waals surface area (Å²) in [6, 6.07) is 0.677. The van der Waals surface area contributed by atoms with E-state index < -0.39 is 0 Å². The first-order valence-electron chi connectivity index (χ1n) is 4.25. The van der Waals surface area contributed by atoms with Gasteiger partial charge in [-0.1, -0.05) is 0 Å². The molecule has 0 aromatic rings. The number of fused-ring (bicyclic) bond motifs is 1. The molecule has 2 fully saturated rings. The lowest BCUT2D eigenvalue weighted by atomic mass is 10.1. The Morgan fingerprint density at radius 3 is 3.20 bits per heavy atom. The average Bonchev–Trinajstić information content (AvgIpc) is 2.33. The van der Waals surface area contributed by atoms with Crippen molar-refractivity contribution < 1.29 is 4.74 Å². The third kappa shape index (κ3) is 1.06. The molecule has 0 aromatic heterocycles. The second kappa shape index (κ2) is 2.51. The van der Waals surface area contributed by atoms with Gasteiger partial charge in [-0.2, -0.15) is 0 Å². The van der Waals surface area contributed by atoms with Crippen molar-refractivity contribution in [3.8, 4) is 0 Å². The van der Waals surface area contributed by atoms with Gasteiger partial charge >= 0.3 is 0 Å². The quantitative estimate of drug-likeness (QED) is 0.541. The molecule has 0 amide bonds. The molecule has 3 atom stereocenters. The van der Waals surface area contributed by atoms with E-state index in [1.807, 2.05) is 0 Å². The Hall–Kier alpha value is -0.0800. The van der Waals surface area contributed by atoms with E-state index in [1.165, 1.54) is 19.3 Å². The van der Waals surface area contributed by atoms with Crippen LogP contribution in [0.4, 0.5) is 0 Å². The number of hydrogen-bond donors (Lipinski definition) is 1. The number of rotatable bonds is 0. The largest absolute Gasteiger partial charge is 0.372 e. The van der Waals surface area contributed by atoms with Crippen molar-refractivity contribution in [2.24, 2.45) is 0 Å². The summed E-state index contributed by atoms with van der Waals surface area (Å²) in [5.74, 6) is 0. The van der Waals surface area contributed by atoms with Crippen molar-refractivity contribution in [2.75, 3.05) is 6.54 Å². The Kier molecular flexibility index (Phi) is 1.66. The molecule has 0 bridgehead atoms. The first-order valence-corrected chi connectivity index (χ1v) is 4.25. The fourth-order valence-corrected chi connectivity index (χ4v) is 1.99. The highest BCUT2D eigenvalue weighted by Crippen LogP contribution is 2.25. The van der Waals surface area contributed by atoms with Crippen molar-refractivity contribution in [3.05, 3.63) is 0 Å². The molecule has 1 N–H and O–H groups in total. The number of hydrogen-bond acceptors (Lipinski definition) is 2. The summed E-state index contributed by atoms with van der Waals surface area (Å²) in [5, 5.41) is 3.51. The molecule has 10 heavy (non-hydrogen) atoms. The van der Waals surface area contributed by atoms with E-state index in [1.54, 1.807) is 0 Å². The Morgan fingerprint density at radius 1 is 1.40 bits per heavy atom. The molecule has 2 rings (SSSR count). The van der Waals surface area contributed by atoms with Crippen molar-refractivity contribution in [1.29, 1.82) is 0 Å². The van der Waals surface area contributed by atoms with Gasteiger partial charge in [0, 0.05) is 12.6 Å². The van der Waals surface area contributed by atoms with Gasteiger partial charge in [0.1, 0.15) is 0 Å². The molecular formula is C8H15NO. The van der Waals surface area contributed by atoms with E-state index in [0.717, 1.165) is 6.54 Å². The first-order chi connectivity index (χ1) is 4.86. The smallest absolute Gasteiger partial charge is 0.0732 e. The number of ether oxygens (including phenoxy) is 1. The van der Waals surface area contributed by atoms with Crippen molar-refractivity contribution in [2.45, 2.75) is 44.4 Å². The molecule has 0 radical (unpaired) electrons. The maximum atomic E-state index is 5.75. The van der Waals surface area contributed by atoms with E-state index in [2.05, 4.69) is 12.2 Å². The summed E-state index contributed by atoms with van der Waals surface area (Å²) in [4.78, 5) is 0. The third-order valence-corrected chi connectivity index (χ3v) is 2.53. The third-order valence-electron chi connectivity index (χ3n) is 2.53. The minimum absolute atomic E-state index is 0.430. The van der Waals surface area contributed by atoms with E-state index in [-0.39, 0.29) is 0 Å². The molecule has 2 nitrogen and oxygen atoms in total. The fraction of sp³-hybridized carbons (Fsp3) is 1.00. The lowest BCUT2D eigenvalue weighted by Gasteiger charge is -2.31. The van der Waals surface area contributed by atoms with E-state index in [9.17, 15) is 0 Å². The van der Waals surface area contributed by atoms with Gasteiger partial charge in [-0.15, -0.1) is 0 Å². The second-order valence-electron chi connectivity index (χ2n) is 3.43. The molecule has 0 unspecified atom stereocenters. The molecule has 1 saturated heterocycles. The normalized spacial score (nSPS) is 47.1. The molecule has 1 aliphatic carbocycles.